The van der Waals surface area contributed by atoms with Gasteiger partial charge in [0.1, 0.15) is 0 Å². The zero-order valence-corrected chi connectivity index (χ0v) is 26.1. The van der Waals surface area contributed by atoms with E-state index in [1.807, 2.05) is 24.3 Å². The fourth-order valence-corrected chi connectivity index (χ4v) is 12.2. The molecule has 0 N–H and O–H groups in total. The highest BCUT2D eigenvalue weighted by Crippen LogP contribution is 2.73. The van der Waals surface area contributed by atoms with E-state index in [9.17, 15) is 0 Å². The number of hydrogen-bond donors (Lipinski definition) is 0. The second kappa shape index (κ2) is 12.4. The van der Waals surface area contributed by atoms with Crippen molar-refractivity contribution in [3.05, 3.63) is 170 Å². The van der Waals surface area contributed by atoms with Crippen LogP contribution in [0.25, 0.3) is 0 Å². The van der Waals surface area contributed by atoms with Crippen molar-refractivity contribution in [2.45, 2.75) is 39.2 Å². The molecule has 0 saturated carbocycles. The lowest BCUT2D eigenvalue weighted by molar-refractivity contribution is 1.27. The molecule has 204 valence electrons. The predicted octanol–water partition coefficient (Wildman–Crippen LogP) is 12.7. The molecule has 0 aliphatic carbocycles. The molecular formula is C36H28Cl2S3. The Hall–Kier alpha value is -3.05. The van der Waals surface area contributed by atoms with Gasteiger partial charge >= 0.3 is 0 Å². The molecule has 0 saturated heterocycles. The van der Waals surface area contributed by atoms with E-state index in [1.54, 1.807) is 11.8 Å². The van der Waals surface area contributed by atoms with E-state index in [-0.39, 0.29) is 0 Å². The van der Waals surface area contributed by atoms with Gasteiger partial charge in [-0.15, -0.1) is 0 Å². The first-order valence-electron chi connectivity index (χ1n) is 13.2. The molecular weight excluding hydrogens is 600 g/mol. The summed E-state index contributed by atoms with van der Waals surface area (Å²) in [5, 5.41) is 0. The Morgan fingerprint density at radius 3 is 0.756 bits per heavy atom. The molecule has 41 heavy (non-hydrogen) atoms. The van der Waals surface area contributed by atoms with Crippen molar-refractivity contribution < 1.29 is 0 Å². The molecule has 0 fully saturated rings. The summed E-state index contributed by atoms with van der Waals surface area (Å²) in [6, 6.07) is 59.0. The van der Waals surface area contributed by atoms with Gasteiger partial charge < -0.3 is 0 Å². The van der Waals surface area contributed by atoms with Gasteiger partial charge in [0.2, 0.25) is 0 Å². The molecule has 6 rings (SSSR count). The van der Waals surface area contributed by atoms with Crippen LogP contribution in [0.2, 0.25) is 0 Å². The topological polar surface area (TPSA) is 0 Å². The van der Waals surface area contributed by atoms with E-state index in [1.165, 1.54) is 0 Å². The van der Waals surface area contributed by atoms with Crippen molar-refractivity contribution in [3.8, 4) is 0 Å². The summed E-state index contributed by atoms with van der Waals surface area (Å²) in [4.78, 5) is 9.10. The van der Waals surface area contributed by atoms with E-state index in [0.717, 1.165) is 39.2 Å². The molecule has 0 heterocycles. The van der Waals surface area contributed by atoms with Crippen molar-refractivity contribution in [3.63, 3.8) is 0 Å². The van der Waals surface area contributed by atoms with Crippen LogP contribution < -0.4 is 0 Å². The highest BCUT2D eigenvalue weighted by atomic mass is 35.7. The van der Waals surface area contributed by atoms with Gasteiger partial charge in [-0.1, -0.05) is 124 Å². The van der Waals surface area contributed by atoms with Crippen LogP contribution in [-0.2, 0) is 0 Å². The maximum atomic E-state index is 7.56. The second-order valence-electron chi connectivity index (χ2n) is 9.37. The number of hydrogen-bond acceptors (Lipinski definition) is 1. The fraction of sp³-hybridized carbons (Fsp3) is 0. The molecule has 0 aromatic heterocycles. The lowest BCUT2D eigenvalue weighted by Gasteiger charge is -2.34. The number of rotatable bonds is 8. The molecule has 0 radical (unpaired) electrons. The first-order valence-corrected chi connectivity index (χ1v) is 19.0. The Balaban J connectivity index is 1.28. The summed E-state index contributed by atoms with van der Waals surface area (Å²) >= 11 is 1.74. The van der Waals surface area contributed by atoms with Crippen LogP contribution in [0, 0.1) is 0 Å². The third kappa shape index (κ3) is 5.70. The first-order chi connectivity index (χ1) is 20.1. The first kappa shape index (κ1) is 28.1. The highest BCUT2D eigenvalue weighted by molar-refractivity contribution is 8.51. The van der Waals surface area contributed by atoms with Crippen LogP contribution >= 0.6 is 51.6 Å². The quantitative estimate of drug-likeness (QED) is 0.162. The van der Waals surface area contributed by atoms with Crippen LogP contribution in [0.15, 0.2) is 209 Å². The summed E-state index contributed by atoms with van der Waals surface area (Å²) in [6.45, 7) is 0. The Morgan fingerprint density at radius 1 is 0.293 bits per heavy atom. The SMILES string of the molecule is ClS(c1ccccc1)(c1ccccc1)c1ccc(Sc2ccc(S(Cl)(c3ccccc3)c3ccccc3)cc2)cc1. The largest absolute Gasteiger partial charge is 0.0901 e. The molecule has 0 amide bonds. The Kier molecular flexibility index (Phi) is 8.52. The predicted molar refractivity (Wildman–Crippen MR) is 179 cm³/mol. The van der Waals surface area contributed by atoms with Crippen LogP contribution in [-0.4, -0.2) is 0 Å². The summed E-state index contributed by atoms with van der Waals surface area (Å²) < 4.78 is 0. The van der Waals surface area contributed by atoms with E-state index >= 15 is 0 Å². The van der Waals surface area contributed by atoms with Gasteiger partial charge in [0.15, 0.2) is 0 Å². The Morgan fingerprint density at radius 2 is 0.512 bits per heavy atom. The second-order valence-corrected chi connectivity index (χ2v) is 18.3. The maximum absolute atomic E-state index is 7.56. The van der Waals surface area contributed by atoms with Gasteiger partial charge in [-0.3, -0.25) is 0 Å². The van der Waals surface area contributed by atoms with Crippen molar-refractivity contribution in [2.24, 2.45) is 0 Å². The molecule has 0 spiro atoms. The van der Waals surface area contributed by atoms with Gasteiger partial charge in [0, 0.05) is 39.2 Å². The molecule has 0 aliphatic rings. The zero-order valence-electron chi connectivity index (χ0n) is 22.1. The van der Waals surface area contributed by atoms with Crippen LogP contribution in [0.5, 0.6) is 0 Å². The van der Waals surface area contributed by atoms with Gasteiger partial charge in [-0.05, 0) is 97.1 Å². The highest BCUT2D eigenvalue weighted by Gasteiger charge is 2.29. The van der Waals surface area contributed by atoms with Crippen molar-refractivity contribution in [2.75, 3.05) is 0 Å². The third-order valence-corrected chi connectivity index (χ3v) is 16.6. The van der Waals surface area contributed by atoms with Crippen molar-refractivity contribution in [1.82, 2.24) is 0 Å². The third-order valence-electron chi connectivity index (χ3n) is 6.80. The summed E-state index contributed by atoms with van der Waals surface area (Å²) in [5.41, 5.74) is 0. The van der Waals surface area contributed by atoms with Crippen LogP contribution in [0.4, 0.5) is 0 Å². The van der Waals surface area contributed by atoms with E-state index in [0.29, 0.717) is 0 Å². The fourth-order valence-electron chi connectivity index (χ4n) is 4.78. The molecule has 0 unspecified atom stereocenters. The monoisotopic (exact) mass is 626 g/mol. The summed E-state index contributed by atoms with van der Waals surface area (Å²) in [6.07, 6.45) is 0. The molecule has 6 aromatic carbocycles. The van der Waals surface area contributed by atoms with Gasteiger partial charge in [0.25, 0.3) is 0 Å². The average Bonchev–Trinajstić information content (AvgIpc) is 3.06. The minimum atomic E-state index is -1.89. The molecule has 0 bridgehead atoms. The number of benzene rings is 6. The minimum Gasteiger partial charge on any atom is -0.0901 e. The van der Waals surface area contributed by atoms with Gasteiger partial charge in [-0.25, -0.2) is 0 Å². The number of halogens is 2. The van der Waals surface area contributed by atoms with Crippen molar-refractivity contribution in [1.29, 1.82) is 0 Å². The lowest BCUT2D eigenvalue weighted by atomic mass is 10.3. The smallest absolute Gasteiger partial charge is 0.0123 e. The van der Waals surface area contributed by atoms with Gasteiger partial charge in [-0.2, -0.15) is 0 Å². The summed E-state index contributed by atoms with van der Waals surface area (Å²) in [7, 11) is 11.3. The summed E-state index contributed by atoms with van der Waals surface area (Å²) in [5.74, 6) is 0. The van der Waals surface area contributed by atoms with Gasteiger partial charge in [0.05, 0.1) is 0 Å². The minimum absolute atomic E-state index is 1.12. The Labute approximate surface area is 259 Å². The molecule has 0 aliphatic heterocycles. The zero-order chi connectivity index (χ0) is 28.1. The molecule has 6 aromatic rings. The Bertz CT molecular complexity index is 1480. The maximum Gasteiger partial charge on any atom is 0.0123 e. The molecule has 5 heteroatoms. The normalized spacial score (nSPS) is 12.5. The van der Waals surface area contributed by atoms with E-state index < -0.39 is 18.5 Å². The van der Waals surface area contributed by atoms with Crippen LogP contribution in [0.1, 0.15) is 0 Å². The molecule has 0 atom stereocenters. The average molecular weight is 628 g/mol. The van der Waals surface area contributed by atoms with E-state index in [4.69, 9.17) is 21.4 Å². The van der Waals surface area contributed by atoms with E-state index in [2.05, 4.69) is 146 Å². The van der Waals surface area contributed by atoms with Crippen molar-refractivity contribution >= 4 is 51.6 Å². The molecule has 0 nitrogen and oxygen atoms in total. The standard InChI is InChI=1S/C36H28Cl2S3/c37-40(31-13-5-1-6-14-31,32-15-7-2-8-16-32)35-25-21-29(22-26-35)39-30-23-27-36(28-24-30)41(38,33-17-9-3-10-18-33)34-19-11-4-12-20-34/h1-28H. The van der Waals surface area contributed by atoms with Crippen LogP contribution in [0.3, 0.4) is 0 Å². The lowest BCUT2D eigenvalue weighted by Crippen LogP contribution is -1.97.